The molecule has 1 aromatic rings. The Morgan fingerprint density at radius 2 is 1.89 bits per heavy atom. The summed E-state index contributed by atoms with van der Waals surface area (Å²) in [5.74, 6) is 0.950. The SMILES string of the molecule is COc1ccc(CC(=O)N2CCC3(CC2)C[C@H](O)C[C@H](C(C)(C)C)O3)cc1. The Kier molecular flexibility index (Phi) is 5.82. The number of rotatable bonds is 3. The molecule has 2 aliphatic heterocycles. The second-order valence-electron chi connectivity index (χ2n) is 9.15. The van der Waals surface area contributed by atoms with Gasteiger partial charge in [0, 0.05) is 25.9 Å². The molecule has 27 heavy (non-hydrogen) atoms. The van der Waals surface area contributed by atoms with Crippen molar-refractivity contribution in [1.82, 2.24) is 4.90 Å². The third kappa shape index (κ3) is 4.82. The smallest absolute Gasteiger partial charge is 0.226 e. The third-order valence-corrected chi connectivity index (χ3v) is 5.99. The first-order valence-corrected chi connectivity index (χ1v) is 9.97. The number of ether oxygens (including phenoxy) is 2. The van der Waals surface area contributed by atoms with E-state index in [2.05, 4.69) is 20.8 Å². The number of benzene rings is 1. The van der Waals surface area contributed by atoms with Crippen LogP contribution in [0.2, 0.25) is 0 Å². The van der Waals surface area contributed by atoms with Crippen LogP contribution in [0.4, 0.5) is 0 Å². The Bertz CT molecular complexity index is 641. The lowest BCUT2D eigenvalue weighted by Gasteiger charge is -2.50. The van der Waals surface area contributed by atoms with E-state index in [4.69, 9.17) is 9.47 Å². The van der Waals surface area contributed by atoms with Gasteiger partial charge in [-0.15, -0.1) is 0 Å². The van der Waals surface area contributed by atoms with Gasteiger partial charge in [-0.2, -0.15) is 0 Å². The molecule has 5 nitrogen and oxygen atoms in total. The van der Waals surface area contributed by atoms with Crippen molar-refractivity contribution in [3.05, 3.63) is 29.8 Å². The zero-order valence-corrected chi connectivity index (χ0v) is 17.0. The molecule has 0 aliphatic carbocycles. The van der Waals surface area contributed by atoms with Crippen molar-refractivity contribution in [2.24, 2.45) is 5.41 Å². The quantitative estimate of drug-likeness (QED) is 0.881. The zero-order valence-electron chi connectivity index (χ0n) is 17.0. The summed E-state index contributed by atoms with van der Waals surface area (Å²) in [5, 5.41) is 10.4. The van der Waals surface area contributed by atoms with Gasteiger partial charge in [0.2, 0.25) is 5.91 Å². The van der Waals surface area contributed by atoms with Crippen molar-refractivity contribution in [3.8, 4) is 5.75 Å². The van der Waals surface area contributed by atoms with Crippen LogP contribution < -0.4 is 4.74 Å². The van der Waals surface area contributed by atoms with Gasteiger partial charge in [-0.05, 0) is 36.0 Å². The highest BCUT2D eigenvalue weighted by molar-refractivity contribution is 5.79. The molecule has 1 amide bonds. The number of aliphatic hydroxyl groups excluding tert-OH is 1. The average molecular weight is 376 g/mol. The highest BCUT2D eigenvalue weighted by atomic mass is 16.5. The molecule has 2 heterocycles. The van der Waals surface area contributed by atoms with E-state index in [1.54, 1.807) is 7.11 Å². The van der Waals surface area contributed by atoms with Crippen LogP contribution in [0.3, 0.4) is 0 Å². The molecule has 1 spiro atoms. The van der Waals surface area contributed by atoms with Crippen LogP contribution >= 0.6 is 0 Å². The van der Waals surface area contributed by atoms with E-state index < -0.39 is 0 Å². The molecular formula is C22H33NO4. The maximum Gasteiger partial charge on any atom is 0.226 e. The second-order valence-corrected chi connectivity index (χ2v) is 9.15. The first kappa shape index (κ1) is 20.2. The van der Waals surface area contributed by atoms with Crippen LogP contribution in [-0.2, 0) is 16.0 Å². The van der Waals surface area contributed by atoms with E-state index in [-0.39, 0.29) is 29.1 Å². The summed E-state index contributed by atoms with van der Waals surface area (Å²) in [6.07, 6.45) is 3.12. The summed E-state index contributed by atoms with van der Waals surface area (Å²) in [4.78, 5) is 14.6. The van der Waals surface area contributed by atoms with Crippen molar-refractivity contribution >= 4 is 5.91 Å². The average Bonchev–Trinajstić information content (AvgIpc) is 2.61. The largest absolute Gasteiger partial charge is 0.497 e. The number of carbonyl (C=O) groups is 1. The van der Waals surface area contributed by atoms with Gasteiger partial charge in [-0.25, -0.2) is 0 Å². The summed E-state index contributed by atoms with van der Waals surface area (Å²) in [6, 6.07) is 7.66. The lowest BCUT2D eigenvalue weighted by molar-refractivity contribution is -0.207. The normalized spacial score (nSPS) is 25.4. The number of methoxy groups -OCH3 is 1. The Labute approximate surface area is 162 Å². The maximum atomic E-state index is 12.7. The predicted molar refractivity (Wildman–Crippen MR) is 105 cm³/mol. The molecule has 0 saturated carbocycles. The maximum absolute atomic E-state index is 12.7. The lowest BCUT2D eigenvalue weighted by atomic mass is 9.76. The van der Waals surface area contributed by atoms with Crippen LogP contribution in [0.15, 0.2) is 24.3 Å². The molecule has 2 aliphatic rings. The minimum atomic E-state index is -0.315. The van der Waals surface area contributed by atoms with E-state index >= 15 is 0 Å². The van der Waals surface area contributed by atoms with E-state index in [0.717, 1.165) is 24.2 Å². The number of likely N-dealkylation sites (tertiary alicyclic amines) is 1. The summed E-state index contributed by atoms with van der Waals surface area (Å²) in [6.45, 7) is 7.88. The Morgan fingerprint density at radius 3 is 2.44 bits per heavy atom. The molecule has 0 radical (unpaired) electrons. The van der Waals surface area contributed by atoms with E-state index in [9.17, 15) is 9.90 Å². The first-order valence-electron chi connectivity index (χ1n) is 9.97. The van der Waals surface area contributed by atoms with Gasteiger partial charge in [-0.1, -0.05) is 32.9 Å². The van der Waals surface area contributed by atoms with Crippen LogP contribution in [-0.4, -0.2) is 53.9 Å². The van der Waals surface area contributed by atoms with Crippen LogP contribution in [0.5, 0.6) is 5.75 Å². The fourth-order valence-corrected chi connectivity index (χ4v) is 4.20. The molecule has 0 unspecified atom stereocenters. The molecule has 150 valence electrons. The van der Waals surface area contributed by atoms with Gasteiger partial charge in [-0.3, -0.25) is 4.79 Å². The molecule has 2 fully saturated rings. The molecule has 0 aromatic heterocycles. The standard InChI is InChI=1S/C22H33NO4/c1-21(2,3)19-14-17(24)15-22(27-19)9-11-23(12-10-22)20(25)13-16-5-7-18(26-4)8-6-16/h5-8,17,19,24H,9-15H2,1-4H3/t17-,19-/m1/s1. The van der Waals surface area contributed by atoms with E-state index in [1.807, 2.05) is 29.2 Å². The fourth-order valence-electron chi connectivity index (χ4n) is 4.20. The summed E-state index contributed by atoms with van der Waals surface area (Å²) >= 11 is 0. The minimum absolute atomic E-state index is 0.00964. The predicted octanol–water partition coefficient (Wildman–Crippen LogP) is 3.18. The molecule has 1 N–H and O–H groups in total. The Morgan fingerprint density at radius 1 is 1.26 bits per heavy atom. The molecule has 3 rings (SSSR count). The molecule has 2 atom stereocenters. The number of hydrogen-bond donors (Lipinski definition) is 1. The van der Waals surface area contributed by atoms with Crippen molar-refractivity contribution in [2.75, 3.05) is 20.2 Å². The monoisotopic (exact) mass is 375 g/mol. The minimum Gasteiger partial charge on any atom is -0.497 e. The van der Waals surface area contributed by atoms with Crippen LogP contribution in [0, 0.1) is 5.41 Å². The molecular weight excluding hydrogens is 342 g/mol. The van der Waals surface area contributed by atoms with Gasteiger partial charge < -0.3 is 19.5 Å². The number of piperidine rings is 1. The first-order chi connectivity index (χ1) is 12.7. The lowest BCUT2D eigenvalue weighted by Crippen LogP contribution is -2.56. The Balaban J connectivity index is 1.58. The topological polar surface area (TPSA) is 59.0 Å². The highest BCUT2D eigenvalue weighted by Gasteiger charge is 2.46. The molecule has 2 saturated heterocycles. The van der Waals surface area contributed by atoms with Crippen molar-refractivity contribution in [3.63, 3.8) is 0 Å². The molecule has 1 aromatic carbocycles. The fraction of sp³-hybridized carbons (Fsp3) is 0.682. The number of aliphatic hydroxyl groups is 1. The molecule has 0 bridgehead atoms. The van der Waals surface area contributed by atoms with Gasteiger partial charge in [0.1, 0.15) is 5.75 Å². The van der Waals surface area contributed by atoms with Crippen molar-refractivity contribution < 1.29 is 19.4 Å². The van der Waals surface area contributed by atoms with Gasteiger partial charge in [0.05, 0.1) is 31.3 Å². The second kappa shape index (κ2) is 7.80. The van der Waals surface area contributed by atoms with Gasteiger partial charge in [0.25, 0.3) is 0 Å². The summed E-state index contributed by atoms with van der Waals surface area (Å²) in [5.41, 5.74) is 0.723. The Hall–Kier alpha value is -1.59. The van der Waals surface area contributed by atoms with Crippen LogP contribution in [0.1, 0.15) is 52.0 Å². The zero-order chi connectivity index (χ0) is 19.7. The highest BCUT2D eigenvalue weighted by Crippen LogP contribution is 2.42. The van der Waals surface area contributed by atoms with E-state index in [1.165, 1.54) is 0 Å². The summed E-state index contributed by atoms with van der Waals surface area (Å²) in [7, 11) is 1.64. The number of nitrogens with zero attached hydrogens (tertiary/aromatic N) is 1. The number of amides is 1. The van der Waals surface area contributed by atoms with Crippen LogP contribution in [0.25, 0.3) is 0 Å². The number of hydrogen-bond acceptors (Lipinski definition) is 4. The van der Waals surface area contributed by atoms with E-state index in [0.29, 0.717) is 32.4 Å². The molecule has 5 heteroatoms. The number of carbonyl (C=O) groups excluding carboxylic acids is 1. The van der Waals surface area contributed by atoms with Gasteiger partial charge in [0.15, 0.2) is 0 Å². The third-order valence-electron chi connectivity index (χ3n) is 5.99. The summed E-state index contributed by atoms with van der Waals surface area (Å²) < 4.78 is 11.7. The van der Waals surface area contributed by atoms with Gasteiger partial charge >= 0.3 is 0 Å². The van der Waals surface area contributed by atoms with Crippen molar-refractivity contribution in [2.45, 2.75) is 70.7 Å². The van der Waals surface area contributed by atoms with Crippen molar-refractivity contribution in [1.29, 1.82) is 0 Å².